The first-order valence-electron chi connectivity index (χ1n) is 9.37. The highest BCUT2D eigenvalue weighted by Gasteiger charge is 2.14. The minimum Gasteiger partial charge on any atom is -0.431 e. The summed E-state index contributed by atoms with van der Waals surface area (Å²) in [4.78, 5) is 16.7. The van der Waals surface area contributed by atoms with Crippen molar-refractivity contribution in [3.05, 3.63) is 78.4 Å². The predicted molar refractivity (Wildman–Crippen MR) is 122 cm³/mol. The second-order valence-corrected chi connectivity index (χ2v) is 9.39. The number of hydrogen-bond acceptors (Lipinski definition) is 6. The molecule has 1 amide bonds. The van der Waals surface area contributed by atoms with E-state index in [1.165, 1.54) is 11.8 Å². The number of anilines is 2. The number of aryl methyl sites for hydroxylation is 1. The van der Waals surface area contributed by atoms with Crippen LogP contribution in [0.1, 0.15) is 5.56 Å². The maximum absolute atomic E-state index is 12.5. The van der Waals surface area contributed by atoms with E-state index < -0.39 is 10.0 Å². The fraction of sp³-hybridized carbons (Fsp3) is 0.0909. The SMILES string of the molecule is Cc1ccc(S(=O)(=O)Nc2ccc(NC(=O)CSc3nc4ccccc4o3)cc2)cc1. The lowest BCUT2D eigenvalue weighted by molar-refractivity contribution is -0.113. The number of carbonyl (C=O) groups excluding carboxylic acids is 1. The fourth-order valence-corrected chi connectivity index (χ4v) is 4.49. The fourth-order valence-electron chi connectivity index (χ4n) is 2.79. The molecule has 0 fully saturated rings. The third-order valence-electron chi connectivity index (χ3n) is 4.35. The van der Waals surface area contributed by atoms with Crippen molar-refractivity contribution in [3.63, 3.8) is 0 Å². The zero-order chi connectivity index (χ0) is 21.8. The molecule has 0 aliphatic heterocycles. The molecule has 0 radical (unpaired) electrons. The predicted octanol–water partition coefficient (Wildman–Crippen LogP) is 4.67. The van der Waals surface area contributed by atoms with Gasteiger partial charge in [0.25, 0.3) is 15.2 Å². The summed E-state index contributed by atoms with van der Waals surface area (Å²) in [6.45, 7) is 1.89. The van der Waals surface area contributed by atoms with Gasteiger partial charge in [0.05, 0.1) is 10.6 Å². The smallest absolute Gasteiger partial charge is 0.261 e. The number of fused-ring (bicyclic) bond motifs is 1. The van der Waals surface area contributed by atoms with Gasteiger partial charge in [0, 0.05) is 11.4 Å². The summed E-state index contributed by atoms with van der Waals surface area (Å²) >= 11 is 1.20. The summed E-state index contributed by atoms with van der Waals surface area (Å²) in [5.74, 6) is -0.0884. The van der Waals surface area contributed by atoms with Crippen LogP contribution in [-0.4, -0.2) is 25.1 Å². The summed E-state index contributed by atoms with van der Waals surface area (Å²) in [5.41, 5.74) is 3.36. The molecular formula is C22H19N3O4S2. The van der Waals surface area contributed by atoms with Crippen molar-refractivity contribution < 1.29 is 17.6 Å². The molecule has 1 heterocycles. The Morgan fingerprint density at radius 2 is 1.65 bits per heavy atom. The number of nitrogens with one attached hydrogen (secondary N) is 2. The van der Waals surface area contributed by atoms with Crippen molar-refractivity contribution in [2.45, 2.75) is 17.0 Å². The van der Waals surface area contributed by atoms with Crippen molar-refractivity contribution in [2.75, 3.05) is 15.8 Å². The van der Waals surface area contributed by atoms with Gasteiger partial charge in [0.2, 0.25) is 5.91 Å². The third-order valence-corrected chi connectivity index (χ3v) is 6.58. The molecule has 9 heteroatoms. The molecule has 0 spiro atoms. The number of hydrogen-bond donors (Lipinski definition) is 2. The van der Waals surface area contributed by atoms with E-state index in [2.05, 4.69) is 15.0 Å². The summed E-state index contributed by atoms with van der Waals surface area (Å²) in [6.07, 6.45) is 0. The molecule has 0 atom stereocenters. The Bertz CT molecular complexity index is 1280. The Morgan fingerprint density at radius 3 is 2.35 bits per heavy atom. The molecule has 0 bridgehead atoms. The summed E-state index contributed by atoms with van der Waals surface area (Å²) < 4.78 is 33.0. The lowest BCUT2D eigenvalue weighted by Crippen LogP contribution is -2.15. The summed E-state index contributed by atoms with van der Waals surface area (Å²) in [6, 6.07) is 20.4. The van der Waals surface area contributed by atoms with Crippen molar-refractivity contribution in [3.8, 4) is 0 Å². The average Bonchev–Trinajstić information content (AvgIpc) is 3.17. The number of aromatic nitrogens is 1. The van der Waals surface area contributed by atoms with Crippen LogP contribution in [0.2, 0.25) is 0 Å². The van der Waals surface area contributed by atoms with Gasteiger partial charge in [-0.1, -0.05) is 41.6 Å². The third kappa shape index (κ3) is 5.25. The van der Waals surface area contributed by atoms with Crippen LogP contribution in [0.4, 0.5) is 11.4 Å². The second kappa shape index (κ2) is 8.83. The zero-order valence-corrected chi connectivity index (χ0v) is 18.2. The minimum atomic E-state index is -3.67. The Labute approximate surface area is 183 Å². The molecule has 31 heavy (non-hydrogen) atoms. The van der Waals surface area contributed by atoms with E-state index in [9.17, 15) is 13.2 Å². The van der Waals surface area contributed by atoms with Gasteiger partial charge in [0.15, 0.2) is 5.58 Å². The van der Waals surface area contributed by atoms with E-state index in [1.807, 2.05) is 31.2 Å². The summed E-state index contributed by atoms with van der Waals surface area (Å²) in [5, 5.41) is 3.20. The summed E-state index contributed by atoms with van der Waals surface area (Å²) in [7, 11) is -3.67. The number of para-hydroxylation sites is 2. The molecule has 2 N–H and O–H groups in total. The number of nitrogens with zero attached hydrogens (tertiary/aromatic N) is 1. The number of amides is 1. The Balaban J connectivity index is 1.33. The van der Waals surface area contributed by atoms with Crippen LogP contribution < -0.4 is 10.0 Å². The number of oxazole rings is 1. The largest absolute Gasteiger partial charge is 0.431 e. The Morgan fingerprint density at radius 1 is 0.968 bits per heavy atom. The lowest BCUT2D eigenvalue weighted by atomic mass is 10.2. The van der Waals surface area contributed by atoms with Crippen LogP contribution in [0, 0.1) is 6.92 Å². The standard InChI is InChI=1S/C22H19N3O4S2/c1-15-6-12-18(13-7-15)31(27,28)25-17-10-8-16(9-11-17)23-21(26)14-30-22-24-19-4-2-3-5-20(19)29-22/h2-13,25H,14H2,1H3,(H,23,26). The molecule has 4 rings (SSSR count). The van der Waals surface area contributed by atoms with Crippen LogP contribution in [0.15, 0.2) is 87.3 Å². The second-order valence-electron chi connectivity index (χ2n) is 6.78. The number of sulfonamides is 1. The zero-order valence-electron chi connectivity index (χ0n) is 16.5. The van der Waals surface area contributed by atoms with Gasteiger partial charge in [-0.2, -0.15) is 0 Å². The molecule has 0 aliphatic rings. The van der Waals surface area contributed by atoms with Crippen molar-refractivity contribution in [1.82, 2.24) is 4.98 Å². The quantitative estimate of drug-likeness (QED) is 0.395. The van der Waals surface area contributed by atoms with Crippen molar-refractivity contribution in [2.24, 2.45) is 0 Å². The molecule has 0 saturated carbocycles. The van der Waals surface area contributed by atoms with Crippen molar-refractivity contribution in [1.29, 1.82) is 0 Å². The number of benzene rings is 3. The van der Waals surface area contributed by atoms with Crippen LogP contribution in [0.3, 0.4) is 0 Å². The van der Waals surface area contributed by atoms with E-state index in [0.29, 0.717) is 22.2 Å². The Hall–Kier alpha value is -3.30. The van der Waals surface area contributed by atoms with Gasteiger partial charge >= 0.3 is 0 Å². The topological polar surface area (TPSA) is 101 Å². The van der Waals surface area contributed by atoms with E-state index in [4.69, 9.17) is 4.42 Å². The molecule has 1 aromatic heterocycles. The normalized spacial score (nSPS) is 11.4. The number of rotatable bonds is 7. The molecular weight excluding hydrogens is 434 g/mol. The van der Waals surface area contributed by atoms with Gasteiger partial charge in [-0.25, -0.2) is 13.4 Å². The van der Waals surface area contributed by atoms with Crippen LogP contribution >= 0.6 is 11.8 Å². The average molecular weight is 454 g/mol. The van der Waals surface area contributed by atoms with E-state index in [-0.39, 0.29) is 16.6 Å². The molecule has 158 valence electrons. The highest BCUT2D eigenvalue weighted by Crippen LogP contribution is 2.24. The van der Waals surface area contributed by atoms with E-state index in [0.717, 1.165) is 11.1 Å². The molecule has 7 nitrogen and oxygen atoms in total. The first-order valence-corrected chi connectivity index (χ1v) is 11.8. The van der Waals surface area contributed by atoms with Crippen molar-refractivity contribution >= 4 is 50.2 Å². The van der Waals surface area contributed by atoms with Gasteiger partial charge < -0.3 is 9.73 Å². The van der Waals surface area contributed by atoms with Gasteiger partial charge in [-0.05, 0) is 55.5 Å². The van der Waals surface area contributed by atoms with Crippen LogP contribution in [0.5, 0.6) is 0 Å². The highest BCUT2D eigenvalue weighted by atomic mass is 32.2. The van der Waals surface area contributed by atoms with Crippen LogP contribution in [0.25, 0.3) is 11.1 Å². The van der Waals surface area contributed by atoms with Crippen LogP contribution in [-0.2, 0) is 14.8 Å². The lowest BCUT2D eigenvalue weighted by Gasteiger charge is -2.10. The first kappa shape index (κ1) is 21.0. The van der Waals surface area contributed by atoms with E-state index in [1.54, 1.807) is 48.5 Å². The minimum absolute atomic E-state index is 0.134. The Kier molecular flexibility index (Phi) is 5.97. The van der Waals surface area contributed by atoms with Gasteiger partial charge in [-0.3, -0.25) is 9.52 Å². The molecule has 0 unspecified atom stereocenters. The molecule has 0 saturated heterocycles. The maximum atomic E-state index is 12.5. The number of thioether (sulfide) groups is 1. The number of carbonyl (C=O) groups is 1. The molecule has 4 aromatic rings. The highest BCUT2D eigenvalue weighted by molar-refractivity contribution is 7.99. The molecule has 3 aromatic carbocycles. The molecule has 0 aliphatic carbocycles. The van der Waals surface area contributed by atoms with Gasteiger partial charge in [-0.15, -0.1) is 0 Å². The van der Waals surface area contributed by atoms with Gasteiger partial charge in [0.1, 0.15) is 5.52 Å². The maximum Gasteiger partial charge on any atom is 0.261 e. The van der Waals surface area contributed by atoms with E-state index >= 15 is 0 Å². The monoisotopic (exact) mass is 453 g/mol. The first-order chi connectivity index (χ1) is 14.9.